The summed E-state index contributed by atoms with van der Waals surface area (Å²) in [6.07, 6.45) is 1.53. The molecule has 3 atom stereocenters. The molecule has 3 amide bonds. The van der Waals surface area contributed by atoms with Crippen LogP contribution in [-0.4, -0.2) is 76.6 Å². The van der Waals surface area contributed by atoms with Gasteiger partial charge in [-0.2, -0.15) is 11.8 Å². The number of hydrogen-bond donors (Lipinski definition) is 6. The van der Waals surface area contributed by atoms with Crippen molar-refractivity contribution in [1.29, 1.82) is 0 Å². The van der Waals surface area contributed by atoms with E-state index in [-0.39, 0.29) is 12.8 Å². The summed E-state index contributed by atoms with van der Waals surface area (Å²) in [5.41, 5.74) is 6.17. The van der Waals surface area contributed by atoms with E-state index in [1.54, 1.807) is 30.3 Å². The lowest BCUT2D eigenvalue weighted by atomic mass is 10.0. The summed E-state index contributed by atoms with van der Waals surface area (Å²) in [7, 11) is 0. The van der Waals surface area contributed by atoms with Crippen LogP contribution in [0.2, 0.25) is 0 Å². The van der Waals surface area contributed by atoms with Crippen molar-refractivity contribution in [1.82, 2.24) is 16.0 Å². The van der Waals surface area contributed by atoms with Gasteiger partial charge in [0.15, 0.2) is 0 Å². The Hall–Kier alpha value is -3.12. The number of carboxylic acids is 2. The SMILES string of the molecule is CSCCC(NC(=O)C(Cc1ccccc1)NC(=O)CNC(=O)C(N)CC(=O)O)C(=O)O. The Labute approximate surface area is 189 Å². The van der Waals surface area contributed by atoms with Gasteiger partial charge in [0, 0.05) is 6.42 Å². The number of carbonyl (C=O) groups excluding carboxylic acids is 3. The smallest absolute Gasteiger partial charge is 0.326 e. The van der Waals surface area contributed by atoms with Crippen LogP contribution in [0.25, 0.3) is 0 Å². The van der Waals surface area contributed by atoms with Gasteiger partial charge in [-0.25, -0.2) is 4.79 Å². The third kappa shape index (κ3) is 10.3. The molecule has 11 nitrogen and oxygen atoms in total. The second kappa shape index (κ2) is 14.0. The Morgan fingerprint density at radius 2 is 1.66 bits per heavy atom. The molecule has 0 heterocycles. The Bertz CT molecular complexity index is 806. The standard InChI is InChI=1S/C20H28N4O7S/c1-32-8-7-14(20(30)31)24-19(29)15(9-12-5-3-2-4-6-12)23-16(25)11-22-18(28)13(21)10-17(26)27/h2-6,13-15H,7-11,21H2,1H3,(H,22,28)(H,23,25)(H,24,29)(H,26,27)(H,30,31). The van der Waals surface area contributed by atoms with E-state index in [4.69, 9.17) is 10.8 Å². The van der Waals surface area contributed by atoms with Gasteiger partial charge in [0.25, 0.3) is 0 Å². The lowest BCUT2D eigenvalue weighted by Gasteiger charge is -2.22. The number of amides is 3. The summed E-state index contributed by atoms with van der Waals surface area (Å²) >= 11 is 1.44. The van der Waals surface area contributed by atoms with E-state index in [9.17, 15) is 29.1 Å². The van der Waals surface area contributed by atoms with E-state index < -0.39 is 60.8 Å². The van der Waals surface area contributed by atoms with Crippen LogP contribution >= 0.6 is 11.8 Å². The van der Waals surface area contributed by atoms with E-state index >= 15 is 0 Å². The van der Waals surface area contributed by atoms with Crippen LogP contribution in [0.1, 0.15) is 18.4 Å². The van der Waals surface area contributed by atoms with E-state index in [1.807, 2.05) is 6.26 Å². The summed E-state index contributed by atoms with van der Waals surface area (Å²) in [5.74, 6) is -4.13. The van der Waals surface area contributed by atoms with Crippen molar-refractivity contribution in [3.63, 3.8) is 0 Å². The number of carboxylic acid groups (broad SMARTS) is 2. The van der Waals surface area contributed by atoms with Crippen molar-refractivity contribution in [2.45, 2.75) is 37.4 Å². The fourth-order valence-corrected chi connectivity index (χ4v) is 3.12. The highest BCUT2D eigenvalue weighted by Gasteiger charge is 2.27. The number of thioether (sulfide) groups is 1. The largest absolute Gasteiger partial charge is 0.481 e. The molecule has 0 aliphatic rings. The minimum atomic E-state index is -1.32. The van der Waals surface area contributed by atoms with Gasteiger partial charge in [0.2, 0.25) is 17.7 Å². The molecule has 0 aliphatic carbocycles. The van der Waals surface area contributed by atoms with Gasteiger partial charge in [-0.15, -0.1) is 0 Å². The zero-order chi connectivity index (χ0) is 24.1. The van der Waals surface area contributed by atoms with Gasteiger partial charge >= 0.3 is 11.9 Å². The first-order chi connectivity index (χ1) is 15.1. The summed E-state index contributed by atoms with van der Waals surface area (Å²) in [5, 5.41) is 25.2. The Morgan fingerprint density at radius 1 is 1.00 bits per heavy atom. The molecule has 0 radical (unpaired) electrons. The highest BCUT2D eigenvalue weighted by atomic mass is 32.2. The Balaban J connectivity index is 2.81. The number of nitrogens with one attached hydrogen (secondary N) is 3. The number of aliphatic carboxylic acids is 2. The zero-order valence-electron chi connectivity index (χ0n) is 17.6. The van der Waals surface area contributed by atoms with Gasteiger partial charge in [0.1, 0.15) is 12.1 Å². The molecule has 1 aromatic carbocycles. The molecule has 0 saturated heterocycles. The van der Waals surface area contributed by atoms with E-state index in [1.165, 1.54) is 11.8 Å². The maximum Gasteiger partial charge on any atom is 0.326 e. The minimum absolute atomic E-state index is 0.0970. The first kappa shape index (κ1) is 26.9. The molecule has 32 heavy (non-hydrogen) atoms. The lowest BCUT2D eigenvalue weighted by molar-refractivity contribution is -0.142. The van der Waals surface area contributed by atoms with Crippen molar-refractivity contribution < 1.29 is 34.2 Å². The fourth-order valence-electron chi connectivity index (χ4n) is 2.65. The molecule has 12 heteroatoms. The van der Waals surface area contributed by atoms with Crippen molar-refractivity contribution in [2.24, 2.45) is 5.73 Å². The maximum absolute atomic E-state index is 12.8. The molecular weight excluding hydrogens is 440 g/mol. The van der Waals surface area contributed by atoms with Crippen LogP contribution in [-0.2, 0) is 30.4 Å². The van der Waals surface area contributed by atoms with E-state index in [0.717, 1.165) is 5.56 Å². The molecule has 1 aromatic rings. The average molecular weight is 469 g/mol. The molecule has 0 aromatic heterocycles. The number of nitrogens with two attached hydrogens (primary N) is 1. The topological polar surface area (TPSA) is 188 Å². The number of benzene rings is 1. The number of hydrogen-bond acceptors (Lipinski definition) is 7. The van der Waals surface area contributed by atoms with Gasteiger partial charge in [-0.3, -0.25) is 19.2 Å². The first-order valence-electron chi connectivity index (χ1n) is 9.74. The van der Waals surface area contributed by atoms with Gasteiger partial charge in [0.05, 0.1) is 19.0 Å². The predicted octanol–water partition coefficient (Wildman–Crippen LogP) is -1.05. The molecule has 0 spiro atoms. The normalized spacial score (nSPS) is 13.3. The highest BCUT2D eigenvalue weighted by molar-refractivity contribution is 7.98. The molecule has 0 saturated carbocycles. The molecule has 0 bridgehead atoms. The predicted molar refractivity (Wildman–Crippen MR) is 118 cm³/mol. The second-order valence-electron chi connectivity index (χ2n) is 6.91. The molecular formula is C20H28N4O7S. The van der Waals surface area contributed by atoms with Gasteiger partial charge in [-0.05, 0) is 24.0 Å². The highest BCUT2D eigenvalue weighted by Crippen LogP contribution is 2.06. The molecule has 0 fully saturated rings. The summed E-state index contributed by atoms with van der Waals surface area (Å²) < 4.78 is 0. The van der Waals surface area contributed by atoms with Crippen molar-refractivity contribution >= 4 is 41.4 Å². The first-order valence-corrected chi connectivity index (χ1v) is 11.1. The van der Waals surface area contributed by atoms with Crippen molar-refractivity contribution in [3.05, 3.63) is 35.9 Å². The lowest BCUT2D eigenvalue weighted by Crippen LogP contribution is -2.54. The molecule has 0 aliphatic heterocycles. The average Bonchev–Trinajstić information content (AvgIpc) is 2.74. The second-order valence-corrected chi connectivity index (χ2v) is 7.90. The van der Waals surface area contributed by atoms with Crippen LogP contribution in [0.15, 0.2) is 30.3 Å². The number of rotatable bonds is 14. The molecule has 176 valence electrons. The number of carbonyl (C=O) groups is 5. The summed E-state index contributed by atoms with van der Waals surface area (Å²) in [6.45, 7) is -0.528. The maximum atomic E-state index is 12.8. The van der Waals surface area contributed by atoms with Crippen molar-refractivity contribution in [2.75, 3.05) is 18.6 Å². The third-order valence-corrected chi connectivity index (χ3v) is 4.96. The third-order valence-electron chi connectivity index (χ3n) is 4.31. The van der Waals surface area contributed by atoms with E-state index in [0.29, 0.717) is 5.75 Å². The van der Waals surface area contributed by atoms with Gasteiger partial charge in [-0.1, -0.05) is 30.3 Å². The quantitative estimate of drug-likeness (QED) is 0.198. The Morgan fingerprint density at radius 3 is 2.22 bits per heavy atom. The Kier molecular flexibility index (Phi) is 11.8. The zero-order valence-corrected chi connectivity index (χ0v) is 18.4. The van der Waals surface area contributed by atoms with Crippen molar-refractivity contribution in [3.8, 4) is 0 Å². The van der Waals surface area contributed by atoms with Crippen LogP contribution in [0.3, 0.4) is 0 Å². The van der Waals surface area contributed by atoms with Gasteiger partial charge < -0.3 is 31.9 Å². The fraction of sp³-hybridized carbons (Fsp3) is 0.450. The molecule has 3 unspecified atom stereocenters. The molecule has 1 rings (SSSR count). The summed E-state index contributed by atoms with van der Waals surface area (Å²) in [4.78, 5) is 58.9. The van der Waals surface area contributed by atoms with E-state index in [2.05, 4.69) is 16.0 Å². The molecule has 7 N–H and O–H groups in total. The van der Waals surface area contributed by atoms with Crippen LogP contribution < -0.4 is 21.7 Å². The monoisotopic (exact) mass is 468 g/mol. The van der Waals surface area contributed by atoms with Crippen LogP contribution in [0, 0.1) is 0 Å². The summed E-state index contributed by atoms with van der Waals surface area (Å²) in [6, 6.07) is 5.28. The minimum Gasteiger partial charge on any atom is -0.481 e. The van der Waals surface area contributed by atoms with Crippen LogP contribution in [0.5, 0.6) is 0 Å². The van der Waals surface area contributed by atoms with Crippen LogP contribution in [0.4, 0.5) is 0 Å².